The summed E-state index contributed by atoms with van der Waals surface area (Å²) in [5, 5.41) is 7.52. The molecule has 0 saturated heterocycles. The van der Waals surface area contributed by atoms with Crippen LogP contribution in [0.5, 0.6) is 0 Å². The van der Waals surface area contributed by atoms with Crippen LogP contribution in [0.3, 0.4) is 0 Å². The molecule has 0 bridgehead atoms. The second-order valence-electron chi connectivity index (χ2n) is 3.70. The van der Waals surface area contributed by atoms with Crippen LogP contribution in [-0.2, 0) is 11.3 Å². The Balaban J connectivity index is 2.04. The monoisotopic (exact) mass is 267 g/mol. The van der Waals surface area contributed by atoms with Crippen LogP contribution in [0.1, 0.15) is 26.8 Å². The normalized spacial score (nSPS) is 10.4. The molecule has 2 rings (SSSR count). The van der Waals surface area contributed by atoms with E-state index in [-0.39, 0.29) is 0 Å². The third-order valence-electron chi connectivity index (χ3n) is 2.27. The van der Waals surface area contributed by atoms with Crippen LogP contribution in [0.4, 0.5) is 5.13 Å². The highest BCUT2D eigenvalue weighted by Crippen LogP contribution is 2.23. The molecule has 0 amide bonds. The quantitative estimate of drug-likeness (QED) is 0.855. The Kier molecular flexibility index (Phi) is 3.61. The van der Waals surface area contributed by atoms with Gasteiger partial charge in [0.2, 0.25) is 0 Å². The van der Waals surface area contributed by atoms with E-state index in [0.717, 1.165) is 16.3 Å². The van der Waals surface area contributed by atoms with Crippen LogP contribution in [0.25, 0.3) is 0 Å². The number of aryl methyl sites for hydroxylation is 2. The highest BCUT2D eigenvalue weighted by atomic mass is 32.1. The van der Waals surface area contributed by atoms with Crippen molar-refractivity contribution in [3.63, 3.8) is 0 Å². The van der Waals surface area contributed by atoms with Crippen LogP contribution in [0.2, 0.25) is 0 Å². The predicted molar refractivity (Wildman–Crippen MR) is 66.8 cm³/mol. The third-order valence-corrected chi connectivity index (χ3v) is 3.19. The lowest BCUT2D eigenvalue weighted by Crippen LogP contribution is -2.04. The number of rotatable bonds is 4. The van der Waals surface area contributed by atoms with E-state index in [9.17, 15) is 4.79 Å². The zero-order valence-corrected chi connectivity index (χ0v) is 11.1. The molecule has 0 spiro atoms. The fourth-order valence-corrected chi connectivity index (χ4v) is 2.22. The Morgan fingerprint density at radius 1 is 1.56 bits per heavy atom. The lowest BCUT2D eigenvalue weighted by molar-refractivity contribution is 0.0594. The van der Waals surface area contributed by atoms with E-state index >= 15 is 0 Å². The number of thiazole rings is 1. The largest absolute Gasteiger partial charge is 0.464 e. The number of ether oxygens (including phenoxy) is 1. The number of hydrogen-bond donors (Lipinski definition) is 1. The Morgan fingerprint density at radius 3 is 2.94 bits per heavy atom. The van der Waals surface area contributed by atoms with Crippen LogP contribution >= 0.6 is 11.3 Å². The zero-order chi connectivity index (χ0) is 13.1. The zero-order valence-electron chi connectivity index (χ0n) is 10.3. The van der Waals surface area contributed by atoms with Crippen molar-refractivity contribution in [2.45, 2.75) is 20.4 Å². The fourth-order valence-electron chi connectivity index (χ4n) is 1.42. The van der Waals surface area contributed by atoms with Crippen molar-refractivity contribution in [3.8, 4) is 0 Å². The molecule has 2 aromatic heterocycles. The molecule has 2 heterocycles. The SMILES string of the molecule is COC(=O)c1nc(NCc2cc(C)no2)sc1C. The van der Waals surface area contributed by atoms with Crippen LogP contribution in [0, 0.1) is 13.8 Å². The first kappa shape index (κ1) is 12.6. The number of nitrogens with zero attached hydrogens (tertiary/aromatic N) is 2. The molecular weight excluding hydrogens is 254 g/mol. The molecule has 2 aromatic rings. The molecule has 0 atom stereocenters. The van der Waals surface area contributed by atoms with Gasteiger partial charge in [0.25, 0.3) is 0 Å². The molecule has 0 fully saturated rings. The highest BCUT2D eigenvalue weighted by Gasteiger charge is 2.15. The van der Waals surface area contributed by atoms with Gasteiger partial charge in [0.15, 0.2) is 16.6 Å². The molecule has 7 heteroatoms. The van der Waals surface area contributed by atoms with Crippen molar-refractivity contribution in [3.05, 3.63) is 28.1 Å². The number of nitrogens with one attached hydrogen (secondary N) is 1. The molecule has 0 aliphatic heterocycles. The fraction of sp³-hybridized carbons (Fsp3) is 0.364. The summed E-state index contributed by atoms with van der Waals surface area (Å²) in [7, 11) is 1.34. The molecule has 6 nitrogen and oxygen atoms in total. The summed E-state index contributed by atoms with van der Waals surface area (Å²) in [6.45, 7) is 4.16. The minimum Gasteiger partial charge on any atom is -0.464 e. The molecule has 0 unspecified atom stereocenters. The first-order valence-corrected chi connectivity index (χ1v) is 6.13. The van der Waals surface area contributed by atoms with Gasteiger partial charge in [-0.15, -0.1) is 11.3 Å². The van der Waals surface area contributed by atoms with Gasteiger partial charge in [-0.2, -0.15) is 0 Å². The number of hydrogen-bond acceptors (Lipinski definition) is 7. The number of carbonyl (C=O) groups is 1. The average molecular weight is 267 g/mol. The van der Waals surface area contributed by atoms with Gasteiger partial charge in [-0.25, -0.2) is 9.78 Å². The summed E-state index contributed by atoms with van der Waals surface area (Å²) in [5.74, 6) is 0.298. The van der Waals surface area contributed by atoms with Crippen LogP contribution in [-0.4, -0.2) is 23.2 Å². The van der Waals surface area contributed by atoms with Gasteiger partial charge < -0.3 is 14.6 Å². The molecule has 0 aliphatic carbocycles. The summed E-state index contributed by atoms with van der Waals surface area (Å²) >= 11 is 1.40. The summed E-state index contributed by atoms with van der Waals surface area (Å²) in [4.78, 5) is 16.4. The van der Waals surface area contributed by atoms with E-state index in [2.05, 4.69) is 20.2 Å². The van der Waals surface area contributed by atoms with Crippen molar-refractivity contribution in [2.75, 3.05) is 12.4 Å². The standard InChI is InChI=1S/C11H13N3O3S/c1-6-4-8(17-14-6)5-12-11-13-9(7(2)18-11)10(15)16-3/h4H,5H2,1-3H3,(H,12,13). The summed E-state index contributed by atoms with van der Waals surface area (Å²) in [5.41, 5.74) is 1.18. The Hall–Kier alpha value is -1.89. The molecule has 0 aliphatic rings. The highest BCUT2D eigenvalue weighted by molar-refractivity contribution is 7.15. The maximum Gasteiger partial charge on any atom is 0.357 e. The van der Waals surface area contributed by atoms with E-state index in [4.69, 9.17) is 4.52 Å². The van der Waals surface area contributed by atoms with E-state index in [0.29, 0.717) is 17.4 Å². The number of carbonyl (C=O) groups excluding carboxylic acids is 1. The Bertz CT molecular complexity index is 562. The Morgan fingerprint density at radius 2 is 2.33 bits per heavy atom. The van der Waals surface area contributed by atoms with Gasteiger partial charge in [0, 0.05) is 10.9 Å². The van der Waals surface area contributed by atoms with E-state index < -0.39 is 5.97 Å². The summed E-state index contributed by atoms with van der Waals surface area (Å²) in [6.07, 6.45) is 0. The molecule has 0 saturated carbocycles. The maximum atomic E-state index is 11.4. The van der Waals surface area contributed by atoms with E-state index in [1.54, 1.807) is 0 Å². The first-order chi connectivity index (χ1) is 8.60. The van der Waals surface area contributed by atoms with Gasteiger partial charge in [-0.1, -0.05) is 5.16 Å². The predicted octanol–water partition coefficient (Wildman–Crippen LogP) is 2.15. The molecular formula is C11H13N3O3S. The second kappa shape index (κ2) is 5.18. The average Bonchev–Trinajstić information content (AvgIpc) is 2.92. The summed E-state index contributed by atoms with van der Waals surface area (Å²) < 4.78 is 9.71. The van der Waals surface area contributed by atoms with Crippen LogP contribution < -0.4 is 5.32 Å². The first-order valence-electron chi connectivity index (χ1n) is 5.32. The van der Waals surface area contributed by atoms with Crippen molar-refractivity contribution >= 4 is 22.4 Å². The second-order valence-corrected chi connectivity index (χ2v) is 4.91. The third kappa shape index (κ3) is 2.67. The lowest BCUT2D eigenvalue weighted by atomic mass is 10.4. The van der Waals surface area contributed by atoms with Gasteiger partial charge >= 0.3 is 5.97 Å². The molecule has 1 N–H and O–H groups in total. The van der Waals surface area contributed by atoms with E-state index in [1.165, 1.54) is 18.4 Å². The van der Waals surface area contributed by atoms with Gasteiger partial charge in [0.1, 0.15) is 0 Å². The number of aromatic nitrogens is 2. The van der Waals surface area contributed by atoms with Crippen molar-refractivity contribution < 1.29 is 14.1 Å². The smallest absolute Gasteiger partial charge is 0.357 e. The molecule has 96 valence electrons. The molecule has 0 aromatic carbocycles. The number of methoxy groups -OCH3 is 1. The number of anilines is 1. The van der Waals surface area contributed by atoms with Gasteiger partial charge in [0.05, 0.1) is 19.3 Å². The van der Waals surface area contributed by atoms with Crippen LogP contribution in [0.15, 0.2) is 10.6 Å². The number of esters is 1. The minimum absolute atomic E-state index is 0.346. The molecule has 18 heavy (non-hydrogen) atoms. The van der Waals surface area contributed by atoms with Crippen molar-refractivity contribution in [1.29, 1.82) is 0 Å². The lowest BCUT2D eigenvalue weighted by Gasteiger charge is -1.97. The summed E-state index contributed by atoms with van der Waals surface area (Å²) in [6, 6.07) is 1.84. The van der Waals surface area contributed by atoms with Gasteiger partial charge in [-0.05, 0) is 13.8 Å². The Labute approximate surface area is 108 Å². The van der Waals surface area contributed by atoms with Crippen molar-refractivity contribution in [1.82, 2.24) is 10.1 Å². The van der Waals surface area contributed by atoms with Gasteiger partial charge in [-0.3, -0.25) is 0 Å². The topological polar surface area (TPSA) is 77.2 Å². The maximum absolute atomic E-state index is 11.4. The molecule has 0 radical (unpaired) electrons. The van der Waals surface area contributed by atoms with Crippen molar-refractivity contribution in [2.24, 2.45) is 0 Å². The van der Waals surface area contributed by atoms with E-state index in [1.807, 2.05) is 19.9 Å². The minimum atomic E-state index is -0.424.